The van der Waals surface area contributed by atoms with Gasteiger partial charge in [0, 0.05) is 42.5 Å². The molecule has 2 amide bonds. The van der Waals surface area contributed by atoms with Crippen LogP contribution in [-0.4, -0.2) is 35.5 Å². The molecule has 5 heteroatoms. The summed E-state index contributed by atoms with van der Waals surface area (Å²) in [5.74, 6) is 0. The van der Waals surface area contributed by atoms with Gasteiger partial charge in [0.1, 0.15) is 0 Å². The molecule has 0 spiro atoms. The van der Waals surface area contributed by atoms with Gasteiger partial charge in [0.25, 0.3) is 0 Å². The second kappa shape index (κ2) is 10.8. The number of anilines is 1. The lowest BCUT2D eigenvalue weighted by atomic mass is 10.0. The summed E-state index contributed by atoms with van der Waals surface area (Å²) in [6, 6.07) is 36.4. The molecule has 1 aliphatic rings. The van der Waals surface area contributed by atoms with Gasteiger partial charge >= 0.3 is 6.03 Å². The normalized spacial score (nSPS) is 16.1. The molecule has 0 aromatic heterocycles. The van der Waals surface area contributed by atoms with Crippen LogP contribution in [-0.2, 0) is 6.54 Å². The van der Waals surface area contributed by atoms with E-state index in [9.17, 15) is 4.79 Å². The highest BCUT2D eigenvalue weighted by molar-refractivity contribution is 6.33. The maximum atomic E-state index is 13.2. The monoisotopic (exact) mass is 481 g/mol. The van der Waals surface area contributed by atoms with Gasteiger partial charge in [0.15, 0.2) is 0 Å². The summed E-state index contributed by atoms with van der Waals surface area (Å²) in [6.45, 7) is 3.09. The average molecular weight is 482 g/mol. The Labute approximate surface area is 211 Å². The van der Waals surface area contributed by atoms with Gasteiger partial charge in [-0.2, -0.15) is 0 Å². The molecule has 4 nitrogen and oxygen atoms in total. The number of urea groups is 1. The predicted octanol–water partition coefficient (Wildman–Crippen LogP) is 7.10. The topological polar surface area (TPSA) is 35.6 Å². The second-order valence-electron chi connectivity index (χ2n) is 8.83. The SMILES string of the molecule is O=C(Nc1ccccc1)N1CCN(Cc2ccc(-c3ccccc3Cl)cc2)CC1c1ccccc1. The number of hydrogen-bond acceptors (Lipinski definition) is 2. The first-order valence-corrected chi connectivity index (χ1v) is 12.3. The van der Waals surface area contributed by atoms with Crippen LogP contribution in [0.1, 0.15) is 17.2 Å². The summed E-state index contributed by atoms with van der Waals surface area (Å²) in [6.07, 6.45) is 0. The lowest BCUT2D eigenvalue weighted by Crippen LogP contribution is -2.51. The molecule has 176 valence electrons. The van der Waals surface area contributed by atoms with Crippen LogP contribution in [0.4, 0.5) is 10.5 Å². The molecule has 1 aliphatic heterocycles. The summed E-state index contributed by atoms with van der Waals surface area (Å²) >= 11 is 6.37. The van der Waals surface area contributed by atoms with Crippen LogP contribution in [0.15, 0.2) is 109 Å². The summed E-state index contributed by atoms with van der Waals surface area (Å²) in [4.78, 5) is 17.6. The van der Waals surface area contributed by atoms with Crippen LogP contribution < -0.4 is 5.32 Å². The van der Waals surface area contributed by atoms with Crippen molar-refractivity contribution in [2.24, 2.45) is 0 Å². The second-order valence-corrected chi connectivity index (χ2v) is 9.24. The van der Waals surface area contributed by atoms with E-state index in [2.05, 4.69) is 46.6 Å². The minimum absolute atomic E-state index is 0.0175. The third-order valence-electron chi connectivity index (χ3n) is 6.48. The van der Waals surface area contributed by atoms with Gasteiger partial charge in [0.05, 0.1) is 6.04 Å². The van der Waals surface area contributed by atoms with Crippen LogP contribution in [0.3, 0.4) is 0 Å². The molecule has 4 aromatic carbocycles. The average Bonchev–Trinajstić information content (AvgIpc) is 2.90. The smallest absolute Gasteiger partial charge is 0.315 e. The Balaban J connectivity index is 1.30. The molecule has 0 radical (unpaired) electrons. The van der Waals surface area contributed by atoms with Crippen molar-refractivity contribution < 1.29 is 4.79 Å². The summed E-state index contributed by atoms with van der Waals surface area (Å²) < 4.78 is 0. The molecule has 0 saturated carbocycles. The summed E-state index contributed by atoms with van der Waals surface area (Å²) in [7, 11) is 0. The van der Waals surface area contributed by atoms with Gasteiger partial charge < -0.3 is 10.2 Å². The highest BCUT2D eigenvalue weighted by atomic mass is 35.5. The van der Waals surface area contributed by atoms with E-state index in [1.54, 1.807) is 0 Å². The van der Waals surface area contributed by atoms with Crippen LogP contribution in [0.2, 0.25) is 5.02 Å². The van der Waals surface area contributed by atoms with E-state index in [0.29, 0.717) is 6.54 Å². The molecule has 35 heavy (non-hydrogen) atoms. The van der Waals surface area contributed by atoms with Crippen molar-refractivity contribution in [1.82, 2.24) is 9.80 Å². The number of amides is 2. The Morgan fingerprint density at radius 2 is 1.46 bits per heavy atom. The Bertz CT molecular complexity index is 1260. The Morgan fingerprint density at radius 3 is 2.17 bits per heavy atom. The number of para-hydroxylation sites is 1. The third kappa shape index (κ3) is 5.56. The third-order valence-corrected chi connectivity index (χ3v) is 6.81. The molecule has 1 saturated heterocycles. The molecule has 5 rings (SSSR count). The summed E-state index contributed by atoms with van der Waals surface area (Å²) in [5, 5.41) is 3.82. The van der Waals surface area contributed by atoms with Crippen LogP contribution >= 0.6 is 11.6 Å². The molecular formula is C30H28ClN3O. The van der Waals surface area contributed by atoms with Gasteiger partial charge in [-0.3, -0.25) is 4.90 Å². The zero-order valence-corrected chi connectivity index (χ0v) is 20.2. The Hall–Kier alpha value is -3.60. The van der Waals surface area contributed by atoms with Crippen molar-refractivity contribution in [2.45, 2.75) is 12.6 Å². The number of hydrogen-bond donors (Lipinski definition) is 1. The molecule has 1 fully saturated rings. The molecule has 4 aromatic rings. The molecule has 1 heterocycles. The van der Waals surface area contributed by atoms with E-state index < -0.39 is 0 Å². The highest BCUT2D eigenvalue weighted by Gasteiger charge is 2.31. The lowest BCUT2D eigenvalue weighted by molar-refractivity contribution is 0.0959. The number of carbonyl (C=O) groups is 1. The zero-order chi connectivity index (χ0) is 24.0. The molecule has 1 N–H and O–H groups in total. The van der Waals surface area contributed by atoms with Crippen molar-refractivity contribution in [3.63, 3.8) is 0 Å². The molecule has 0 aliphatic carbocycles. The minimum atomic E-state index is -0.0613. The maximum Gasteiger partial charge on any atom is 0.322 e. The van der Waals surface area contributed by atoms with Crippen molar-refractivity contribution in [2.75, 3.05) is 25.0 Å². The highest BCUT2D eigenvalue weighted by Crippen LogP contribution is 2.29. The fourth-order valence-electron chi connectivity index (χ4n) is 4.65. The van der Waals surface area contributed by atoms with Gasteiger partial charge in [0.2, 0.25) is 0 Å². The Kier molecular flexibility index (Phi) is 7.12. The lowest BCUT2D eigenvalue weighted by Gasteiger charge is -2.41. The van der Waals surface area contributed by atoms with E-state index in [4.69, 9.17) is 11.6 Å². The molecule has 1 unspecified atom stereocenters. The van der Waals surface area contributed by atoms with Gasteiger partial charge in [-0.1, -0.05) is 103 Å². The van der Waals surface area contributed by atoms with E-state index >= 15 is 0 Å². The fourth-order valence-corrected chi connectivity index (χ4v) is 4.89. The predicted molar refractivity (Wildman–Crippen MR) is 144 cm³/mol. The quantitative estimate of drug-likeness (QED) is 0.330. The number of halogens is 1. The van der Waals surface area contributed by atoms with Crippen molar-refractivity contribution >= 4 is 23.3 Å². The van der Waals surface area contributed by atoms with Crippen LogP contribution in [0, 0.1) is 0 Å². The number of benzene rings is 4. The summed E-state index contributed by atoms with van der Waals surface area (Å²) in [5.41, 5.74) is 5.36. The van der Waals surface area contributed by atoms with Gasteiger partial charge in [-0.25, -0.2) is 4.79 Å². The van der Waals surface area contributed by atoms with E-state index in [1.807, 2.05) is 77.7 Å². The molecule has 1 atom stereocenters. The van der Waals surface area contributed by atoms with Crippen molar-refractivity contribution in [1.29, 1.82) is 0 Å². The molecular weight excluding hydrogens is 454 g/mol. The largest absolute Gasteiger partial charge is 0.322 e. The molecule has 0 bridgehead atoms. The number of nitrogens with one attached hydrogen (secondary N) is 1. The first-order chi connectivity index (χ1) is 17.2. The van der Waals surface area contributed by atoms with Crippen molar-refractivity contribution in [3.05, 3.63) is 125 Å². The maximum absolute atomic E-state index is 13.2. The van der Waals surface area contributed by atoms with Crippen molar-refractivity contribution in [3.8, 4) is 11.1 Å². The van der Waals surface area contributed by atoms with E-state index in [1.165, 1.54) is 5.56 Å². The van der Waals surface area contributed by atoms with Gasteiger partial charge in [-0.05, 0) is 34.9 Å². The fraction of sp³-hybridized carbons (Fsp3) is 0.167. The van der Waals surface area contributed by atoms with E-state index in [-0.39, 0.29) is 12.1 Å². The zero-order valence-electron chi connectivity index (χ0n) is 19.5. The first kappa shape index (κ1) is 23.2. The Morgan fingerprint density at radius 1 is 0.800 bits per heavy atom. The standard InChI is InChI=1S/C30H28ClN3O/c31-28-14-8-7-13-27(28)24-17-15-23(16-18-24)21-33-19-20-34(29(22-33)25-9-3-1-4-10-25)30(35)32-26-11-5-2-6-12-26/h1-18,29H,19-22H2,(H,32,35). The number of rotatable bonds is 5. The first-order valence-electron chi connectivity index (χ1n) is 11.9. The van der Waals surface area contributed by atoms with E-state index in [0.717, 1.165) is 47.0 Å². The number of piperazine rings is 1. The minimum Gasteiger partial charge on any atom is -0.315 e. The van der Waals surface area contributed by atoms with Crippen LogP contribution in [0.25, 0.3) is 11.1 Å². The number of nitrogens with zero attached hydrogens (tertiary/aromatic N) is 2. The van der Waals surface area contributed by atoms with Crippen LogP contribution in [0.5, 0.6) is 0 Å². The van der Waals surface area contributed by atoms with Gasteiger partial charge in [-0.15, -0.1) is 0 Å². The number of carbonyl (C=O) groups excluding carboxylic acids is 1.